The van der Waals surface area contributed by atoms with E-state index in [1.54, 1.807) is 31.4 Å². The van der Waals surface area contributed by atoms with Gasteiger partial charge in [0.25, 0.3) is 0 Å². The van der Waals surface area contributed by atoms with Crippen molar-refractivity contribution in [1.82, 2.24) is 5.32 Å². The van der Waals surface area contributed by atoms with Gasteiger partial charge in [-0.25, -0.2) is 8.42 Å². The van der Waals surface area contributed by atoms with Gasteiger partial charge in [0.05, 0.1) is 25.2 Å². The van der Waals surface area contributed by atoms with Crippen molar-refractivity contribution in [2.24, 2.45) is 0 Å². The maximum absolute atomic E-state index is 12.3. The molecule has 2 rings (SSSR count). The maximum atomic E-state index is 12.3. The first-order valence-corrected chi connectivity index (χ1v) is 11.7. The topological polar surface area (TPSA) is 84.9 Å². The van der Waals surface area contributed by atoms with E-state index in [-0.39, 0.29) is 18.6 Å². The van der Waals surface area contributed by atoms with Gasteiger partial charge in [-0.05, 0) is 68.7 Å². The lowest BCUT2D eigenvalue weighted by Crippen LogP contribution is -2.40. The number of carbonyl (C=O) groups excluding carboxylic acids is 1. The number of ether oxygens (including phenoxy) is 2. The van der Waals surface area contributed by atoms with Crippen molar-refractivity contribution < 1.29 is 22.7 Å². The highest BCUT2D eigenvalue weighted by Gasteiger charge is 2.20. The van der Waals surface area contributed by atoms with Gasteiger partial charge in [0, 0.05) is 6.54 Å². The lowest BCUT2D eigenvalue weighted by Gasteiger charge is -2.22. The van der Waals surface area contributed by atoms with E-state index in [4.69, 9.17) is 9.47 Å². The predicted octanol–water partition coefficient (Wildman–Crippen LogP) is 3.00. The third kappa shape index (κ3) is 7.59. The molecule has 0 aliphatic heterocycles. The summed E-state index contributed by atoms with van der Waals surface area (Å²) in [4.78, 5) is 12.3. The van der Waals surface area contributed by atoms with Crippen LogP contribution in [0.3, 0.4) is 0 Å². The van der Waals surface area contributed by atoms with E-state index in [2.05, 4.69) is 5.32 Å². The van der Waals surface area contributed by atoms with Crippen LogP contribution in [-0.2, 0) is 21.2 Å². The molecule has 0 aliphatic rings. The summed E-state index contributed by atoms with van der Waals surface area (Å²) in [5.41, 5.74) is 1.56. The molecule has 0 bridgehead atoms. The molecule has 8 heteroatoms. The zero-order chi connectivity index (χ0) is 22.1. The average Bonchev–Trinajstić information content (AvgIpc) is 2.69. The second-order valence-electron chi connectivity index (χ2n) is 7.23. The first kappa shape index (κ1) is 23.5. The molecule has 0 saturated heterocycles. The molecule has 0 unspecified atom stereocenters. The van der Waals surface area contributed by atoms with Crippen molar-refractivity contribution in [3.63, 3.8) is 0 Å². The second kappa shape index (κ2) is 10.9. The van der Waals surface area contributed by atoms with Gasteiger partial charge >= 0.3 is 0 Å². The molecular weight excluding hydrogens is 404 g/mol. The number of amides is 1. The fourth-order valence-corrected chi connectivity index (χ4v) is 3.72. The minimum atomic E-state index is -3.61. The van der Waals surface area contributed by atoms with Gasteiger partial charge in [0.2, 0.25) is 15.9 Å². The Hall–Kier alpha value is -2.74. The molecule has 164 valence electrons. The number of nitrogens with one attached hydrogen (secondary N) is 1. The van der Waals surface area contributed by atoms with Crippen molar-refractivity contribution in [2.45, 2.75) is 32.8 Å². The predicted molar refractivity (Wildman–Crippen MR) is 119 cm³/mol. The molecule has 0 saturated carbocycles. The van der Waals surface area contributed by atoms with Gasteiger partial charge in [0.15, 0.2) is 0 Å². The zero-order valence-corrected chi connectivity index (χ0v) is 18.7. The minimum absolute atomic E-state index is 0.0190. The zero-order valence-electron chi connectivity index (χ0n) is 17.9. The molecule has 0 aliphatic carbocycles. The molecule has 30 heavy (non-hydrogen) atoms. The van der Waals surface area contributed by atoms with Crippen LogP contribution in [0, 0.1) is 0 Å². The highest BCUT2D eigenvalue weighted by atomic mass is 32.2. The number of hydrogen-bond donors (Lipinski definition) is 1. The standard InChI is InChI=1S/C22H30N2O5S/c1-17(2)29-21-13-9-19(10-14-21)24(30(4,26)27)16-22(25)23-15-5-6-18-7-11-20(28-3)12-8-18/h7-14,17H,5-6,15-16H2,1-4H3,(H,23,25). The lowest BCUT2D eigenvalue weighted by molar-refractivity contribution is -0.119. The van der Waals surface area contributed by atoms with E-state index in [9.17, 15) is 13.2 Å². The smallest absolute Gasteiger partial charge is 0.240 e. The van der Waals surface area contributed by atoms with Gasteiger partial charge in [0.1, 0.15) is 18.0 Å². The largest absolute Gasteiger partial charge is 0.497 e. The van der Waals surface area contributed by atoms with E-state index in [1.165, 1.54) is 0 Å². The molecule has 0 fully saturated rings. The van der Waals surface area contributed by atoms with Crippen molar-refractivity contribution >= 4 is 21.6 Å². The number of aryl methyl sites for hydroxylation is 1. The third-order valence-electron chi connectivity index (χ3n) is 4.31. The van der Waals surface area contributed by atoms with Gasteiger partial charge in [-0.1, -0.05) is 12.1 Å². The number of benzene rings is 2. The summed E-state index contributed by atoms with van der Waals surface area (Å²) in [5.74, 6) is 1.10. The van der Waals surface area contributed by atoms with Crippen LogP contribution in [0.4, 0.5) is 5.69 Å². The molecule has 1 N–H and O–H groups in total. The van der Waals surface area contributed by atoms with Crippen LogP contribution >= 0.6 is 0 Å². The van der Waals surface area contributed by atoms with Crippen LogP contribution in [0.2, 0.25) is 0 Å². The summed E-state index contributed by atoms with van der Waals surface area (Å²) >= 11 is 0. The summed E-state index contributed by atoms with van der Waals surface area (Å²) in [6.07, 6.45) is 2.66. The lowest BCUT2D eigenvalue weighted by atomic mass is 10.1. The summed E-state index contributed by atoms with van der Waals surface area (Å²) in [5, 5.41) is 2.79. The van der Waals surface area contributed by atoms with Crippen molar-refractivity contribution in [3.8, 4) is 11.5 Å². The van der Waals surface area contributed by atoms with Crippen LogP contribution in [0.1, 0.15) is 25.8 Å². The quantitative estimate of drug-likeness (QED) is 0.550. The Bertz CT molecular complexity index is 910. The van der Waals surface area contributed by atoms with E-state index in [0.29, 0.717) is 18.0 Å². The van der Waals surface area contributed by atoms with E-state index in [0.717, 1.165) is 34.7 Å². The Morgan fingerprint density at radius 1 is 1.03 bits per heavy atom. The van der Waals surface area contributed by atoms with E-state index < -0.39 is 10.0 Å². The Kier molecular flexibility index (Phi) is 8.53. The summed E-state index contributed by atoms with van der Waals surface area (Å²) in [7, 11) is -1.99. The van der Waals surface area contributed by atoms with Gasteiger partial charge in [-0.2, -0.15) is 0 Å². The maximum Gasteiger partial charge on any atom is 0.240 e. The fourth-order valence-electron chi connectivity index (χ4n) is 2.86. The Balaban J connectivity index is 1.89. The molecule has 0 aromatic heterocycles. The van der Waals surface area contributed by atoms with Crippen molar-refractivity contribution in [2.75, 3.05) is 30.8 Å². The number of nitrogens with zero attached hydrogens (tertiary/aromatic N) is 1. The molecule has 0 spiro atoms. The van der Waals surface area contributed by atoms with E-state index >= 15 is 0 Å². The average molecular weight is 435 g/mol. The van der Waals surface area contributed by atoms with Crippen LogP contribution < -0.4 is 19.1 Å². The monoisotopic (exact) mass is 434 g/mol. The molecule has 0 atom stereocenters. The molecule has 7 nitrogen and oxygen atoms in total. The summed E-state index contributed by atoms with van der Waals surface area (Å²) in [6.45, 7) is 4.01. The highest BCUT2D eigenvalue weighted by Crippen LogP contribution is 2.22. The normalized spacial score (nSPS) is 11.2. The number of hydrogen-bond acceptors (Lipinski definition) is 5. The van der Waals surface area contributed by atoms with Crippen LogP contribution in [-0.4, -0.2) is 46.9 Å². The molecule has 2 aromatic rings. The van der Waals surface area contributed by atoms with Crippen molar-refractivity contribution in [3.05, 3.63) is 54.1 Å². The number of methoxy groups -OCH3 is 1. The third-order valence-corrected chi connectivity index (χ3v) is 5.45. The number of carbonyl (C=O) groups is 1. The Labute approximate surface area is 179 Å². The van der Waals surface area contributed by atoms with Crippen molar-refractivity contribution in [1.29, 1.82) is 0 Å². The molecule has 2 aromatic carbocycles. The summed E-state index contributed by atoms with van der Waals surface area (Å²) < 4.78 is 36.2. The fraction of sp³-hybridized carbons (Fsp3) is 0.409. The molecule has 1 amide bonds. The number of rotatable bonds is 11. The Morgan fingerprint density at radius 2 is 1.63 bits per heavy atom. The molecule has 0 heterocycles. The Morgan fingerprint density at radius 3 is 2.17 bits per heavy atom. The van der Waals surface area contributed by atoms with Gasteiger partial charge < -0.3 is 14.8 Å². The molecular formula is C22H30N2O5S. The van der Waals surface area contributed by atoms with Crippen LogP contribution in [0.5, 0.6) is 11.5 Å². The van der Waals surface area contributed by atoms with Gasteiger partial charge in [-0.15, -0.1) is 0 Å². The highest BCUT2D eigenvalue weighted by molar-refractivity contribution is 7.92. The summed E-state index contributed by atoms with van der Waals surface area (Å²) in [6, 6.07) is 14.4. The molecule has 0 radical (unpaired) electrons. The van der Waals surface area contributed by atoms with Crippen LogP contribution in [0.25, 0.3) is 0 Å². The van der Waals surface area contributed by atoms with E-state index in [1.807, 2.05) is 38.1 Å². The number of sulfonamides is 1. The number of anilines is 1. The minimum Gasteiger partial charge on any atom is -0.497 e. The SMILES string of the molecule is COc1ccc(CCCNC(=O)CN(c2ccc(OC(C)C)cc2)S(C)(=O)=O)cc1. The second-order valence-corrected chi connectivity index (χ2v) is 9.14. The first-order chi connectivity index (χ1) is 14.2. The van der Waals surface area contributed by atoms with Crippen LogP contribution in [0.15, 0.2) is 48.5 Å². The first-order valence-electron chi connectivity index (χ1n) is 9.83. The van der Waals surface area contributed by atoms with Gasteiger partial charge in [-0.3, -0.25) is 9.10 Å².